The third-order valence-electron chi connectivity index (χ3n) is 5.83. The number of hydrogen-bond acceptors (Lipinski definition) is 4. The van der Waals surface area contributed by atoms with E-state index in [2.05, 4.69) is 0 Å². The Labute approximate surface area is 158 Å². The van der Waals surface area contributed by atoms with Crippen LogP contribution < -0.4 is 0 Å². The molecule has 3 saturated heterocycles. The van der Waals surface area contributed by atoms with E-state index < -0.39 is 5.54 Å². The zero-order valence-electron chi connectivity index (χ0n) is 15.4. The molecule has 4 rings (SSSR count). The zero-order valence-corrected chi connectivity index (χ0v) is 15.4. The first-order valence-corrected chi connectivity index (χ1v) is 9.61. The molecule has 7 nitrogen and oxygen atoms in total. The number of fused-ring (bicyclic) bond motifs is 1. The molecule has 0 radical (unpaired) electrons. The standard InChI is InChI=1S/C20H25N3O4/c24-17-7-4-9-21(17)10-8-18(25)22-11-12-23-19(26)27-15-20(23,14-22)13-16-5-2-1-3-6-16/h1-3,5-6H,4,7-15H2. The largest absolute Gasteiger partial charge is 0.447 e. The Hall–Kier alpha value is -2.57. The predicted molar refractivity (Wildman–Crippen MR) is 97.9 cm³/mol. The van der Waals surface area contributed by atoms with Crippen molar-refractivity contribution in [1.29, 1.82) is 0 Å². The average Bonchev–Trinajstić information content (AvgIpc) is 3.23. The molecule has 0 N–H and O–H groups in total. The van der Waals surface area contributed by atoms with E-state index in [1.165, 1.54) is 0 Å². The number of nitrogens with zero attached hydrogens (tertiary/aromatic N) is 3. The van der Waals surface area contributed by atoms with Gasteiger partial charge in [-0.1, -0.05) is 30.3 Å². The van der Waals surface area contributed by atoms with Gasteiger partial charge in [0.2, 0.25) is 11.8 Å². The number of cyclic esters (lactones) is 1. The Bertz CT molecular complexity index is 738. The second-order valence-electron chi connectivity index (χ2n) is 7.64. The van der Waals surface area contributed by atoms with Crippen molar-refractivity contribution in [3.05, 3.63) is 35.9 Å². The molecule has 3 amide bonds. The summed E-state index contributed by atoms with van der Waals surface area (Å²) < 4.78 is 5.35. The Morgan fingerprint density at radius 1 is 1.11 bits per heavy atom. The molecule has 1 aromatic carbocycles. The molecule has 3 aliphatic heterocycles. The second-order valence-corrected chi connectivity index (χ2v) is 7.64. The fourth-order valence-corrected chi connectivity index (χ4v) is 4.38. The Morgan fingerprint density at radius 3 is 2.67 bits per heavy atom. The lowest BCUT2D eigenvalue weighted by Gasteiger charge is -2.45. The maximum atomic E-state index is 12.8. The van der Waals surface area contributed by atoms with Crippen LogP contribution >= 0.6 is 0 Å². The lowest BCUT2D eigenvalue weighted by Crippen LogP contribution is -2.63. The van der Waals surface area contributed by atoms with E-state index in [0.29, 0.717) is 52.0 Å². The highest BCUT2D eigenvalue weighted by atomic mass is 16.6. The third kappa shape index (κ3) is 3.50. The summed E-state index contributed by atoms with van der Waals surface area (Å²) in [5.41, 5.74) is 0.619. The molecule has 0 aliphatic carbocycles. The summed E-state index contributed by atoms with van der Waals surface area (Å²) in [6.07, 6.45) is 2.18. The minimum Gasteiger partial charge on any atom is -0.447 e. The van der Waals surface area contributed by atoms with Gasteiger partial charge in [-0.05, 0) is 12.0 Å². The molecule has 3 heterocycles. The van der Waals surface area contributed by atoms with Crippen molar-refractivity contribution in [2.75, 3.05) is 39.3 Å². The molecule has 0 aromatic heterocycles. The summed E-state index contributed by atoms with van der Waals surface area (Å²) in [7, 11) is 0. The summed E-state index contributed by atoms with van der Waals surface area (Å²) in [6.45, 7) is 3.01. The second kappa shape index (κ2) is 7.21. The number of likely N-dealkylation sites (tertiary alicyclic amines) is 1. The van der Waals surface area contributed by atoms with Crippen molar-refractivity contribution >= 4 is 17.9 Å². The van der Waals surface area contributed by atoms with Crippen LogP contribution in [0.15, 0.2) is 30.3 Å². The van der Waals surface area contributed by atoms with Gasteiger partial charge in [-0.2, -0.15) is 0 Å². The highest BCUT2D eigenvalue weighted by Crippen LogP contribution is 2.32. The van der Waals surface area contributed by atoms with Crippen LogP contribution in [0, 0.1) is 0 Å². The quantitative estimate of drug-likeness (QED) is 0.782. The number of carbonyl (C=O) groups excluding carboxylic acids is 3. The van der Waals surface area contributed by atoms with Crippen molar-refractivity contribution in [1.82, 2.24) is 14.7 Å². The molecule has 1 aromatic rings. The average molecular weight is 371 g/mol. The van der Waals surface area contributed by atoms with Crippen LogP contribution in [0.25, 0.3) is 0 Å². The first-order valence-electron chi connectivity index (χ1n) is 9.61. The van der Waals surface area contributed by atoms with Gasteiger partial charge in [0.1, 0.15) is 12.1 Å². The smallest absolute Gasteiger partial charge is 0.410 e. The molecular weight excluding hydrogens is 346 g/mol. The van der Waals surface area contributed by atoms with Gasteiger partial charge in [0.05, 0.1) is 0 Å². The van der Waals surface area contributed by atoms with Crippen LogP contribution in [0.2, 0.25) is 0 Å². The van der Waals surface area contributed by atoms with Gasteiger partial charge < -0.3 is 14.5 Å². The molecule has 3 fully saturated rings. The summed E-state index contributed by atoms with van der Waals surface area (Å²) >= 11 is 0. The van der Waals surface area contributed by atoms with E-state index in [4.69, 9.17) is 4.74 Å². The van der Waals surface area contributed by atoms with Crippen molar-refractivity contribution in [3.8, 4) is 0 Å². The maximum Gasteiger partial charge on any atom is 0.410 e. The molecule has 27 heavy (non-hydrogen) atoms. The van der Waals surface area contributed by atoms with Gasteiger partial charge >= 0.3 is 6.09 Å². The normalized spacial score (nSPS) is 25.0. The summed E-state index contributed by atoms with van der Waals surface area (Å²) in [4.78, 5) is 42.1. The molecule has 3 aliphatic rings. The summed E-state index contributed by atoms with van der Waals surface area (Å²) in [5.74, 6) is 0.184. The Balaban J connectivity index is 1.44. The zero-order chi connectivity index (χ0) is 18.9. The van der Waals surface area contributed by atoms with E-state index in [1.807, 2.05) is 35.2 Å². The fraction of sp³-hybridized carbons (Fsp3) is 0.550. The van der Waals surface area contributed by atoms with Crippen LogP contribution in [-0.4, -0.2) is 77.5 Å². The Kier molecular flexibility index (Phi) is 4.76. The first kappa shape index (κ1) is 17.8. The molecule has 0 bridgehead atoms. The van der Waals surface area contributed by atoms with Gasteiger partial charge in [0.15, 0.2) is 0 Å². The van der Waals surface area contributed by atoms with Crippen LogP contribution in [0.3, 0.4) is 0 Å². The molecular formula is C20H25N3O4. The van der Waals surface area contributed by atoms with Gasteiger partial charge in [0, 0.05) is 52.0 Å². The molecule has 7 heteroatoms. The molecule has 1 atom stereocenters. The number of piperazine rings is 1. The minimum absolute atomic E-state index is 0.0427. The van der Waals surface area contributed by atoms with Gasteiger partial charge in [-0.3, -0.25) is 14.5 Å². The molecule has 0 saturated carbocycles. The highest BCUT2D eigenvalue weighted by molar-refractivity contribution is 5.81. The number of hydrogen-bond donors (Lipinski definition) is 0. The van der Waals surface area contributed by atoms with Crippen molar-refractivity contribution in [3.63, 3.8) is 0 Å². The number of benzene rings is 1. The van der Waals surface area contributed by atoms with Crippen LogP contribution in [-0.2, 0) is 20.7 Å². The Morgan fingerprint density at radius 2 is 1.93 bits per heavy atom. The van der Waals surface area contributed by atoms with Crippen LogP contribution in [0.1, 0.15) is 24.8 Å². The third-order valence-corrected chi connectivity index (χ3v) is 5.83. The van der Waals surface area contributed by atoms with E-state index in [1.54, 1.807) is 9.80 Å². The maximum absolute atomic E-state index is 12.8. The lowest BCUT2D eigenvalue weighted by atomic mass is 9.88. The fourth-order valence-electron chi connectivity index (χ4n) is 4.38. The van der Waals surface area contributed by atoms with Crippen molar-refractivity contribution in [2.45, 2.75) is 31.2 Å². The van der Waals surface area contributed by atoms with E-state index in [-0.39, 0.29) is 17.9 Å². The van der Waals surface area contributed by atoms with E-state index in [0.717, 1.165) is 18.5 Å². The molecule has 0 spiro atoms. The minimum atomic E-state index is -0.504. The van der Waals surface area contributed by atoms with E-state index in [9.17, 15) is 14.4 Å². The highest BCUT2D eigenvalue weighted by Gasteiger charge is 2.51. The number of carbonyl (C=O) groups is 3. The molecule has 144 valence electrons. The van der Waals surface area contributed by atoms with Crippen LogP contribution in [0.5, 0.6) is 0 Å². The summed E-state index contributed by atoms with van der Waals surface area (Å²) in [6, 6.07) is 10.00. The van der Waals surface area contributed by atoms with Crippen LogP contribution in [0.4, 0.5) is 4.79 Å². The predicted octanol–water partition coefficient (Wildman–Crippen LogP) is 1.27. The first-order chi connectivity index (χ1) is 13.1. The number of ether oxygens (including phenoxy) is 1. The van der Waals surface area contributed by atoms with Crippen molar-refractivity contribution < 1.29 is 19.1 Å². The topological polar surface area (TPSA) is 70.2 Å². The van der Waals surface area contributed by atoms with Gasteiger partial charge in [0.25, 0.3) is 0 Å². The van der Waals surface area contributed by atoms with Gasteiger partial charge in [-0.25, -0.2) is 4.79 Å². The molecule has 1 unspecified atom stereocenters. The van der Waals surface area contributed by atoms with Gasteiger partial charge in [-0.15, -0.1) is 0 Å². The SMILES string of the molecule is O=C1CCCN1CCC(=O)N1CCN2C(=O)OCC2(Cc2ccccc2)C1. The summed E-state index contributed by atoms with van der Waals surface area (Å²) in [5, 5.41) is 0. The number of amides is 3. The van der Waals surface area contributed by atoms with E-state index >= 15 is 0 Å². The van der Waals surface area contributed by atoms with Crippen molar-refractivity contribution in [2.24, 2.45) is 0 Å². The monoisotopic (exact) mass is 371 g/mol. The number of rotatable bonds is 5. The lowest BCUT2D eigenvalue weighted by molar-refractivity contribution is -0.136.